The van der Waals surface area contributed by atoms with E-state index >= 15 is 0 Å². The average Bonchev–Trinajstić information content (AvgIpc) is 3.25. The molecule has 0 aliphatic rings. The lowest BCUT2D eigenvalue weighted by molar-refractivity contribution is 0.808. The van der Waals surface area contributed by atoms with Crippen LogP contribution in [0.2, 0.25) is 0 Å². The number of anilines is 2. The van der Waals surface area contributed by atoms with Crippen LogP contribution < -0.4 is 11.1 Å². The fraction of sp³-hybridized carbons (Fsp3) is 0.0667. The zero-order valence-electron chi connectivity index (χ0n) is 12.4. The fourth-order valence-electron chi connectivity index (χ4n) is 2.32. The molecule has 4 rings (SSSR count). The van der Waals surface area contributed by atoms with Crippen LogP contribution in [0.25, 0.3) is 17.0 Å². The Hall–Kier alpha value is -2.94. The molecule has 3 aromatic heterocycles. The molecule has 0 spiro atoms. The third-order valence-corrected chi connectivity index (χ3v) is 4.22. The number of aromatic amines is 1. The van der Waals surface area contributed by atoms with Crippen LogP contribution in [0.1, 0.15) is 5.82 Å². The maximum absolute atomic E-state index is 5.96. The molecule has 8 nitrogen and oxygen atoms in total. The molecule has 0 amide bonds. The number of hydrogen-bond donors (Lipinski definition) is 3. The molecular formula is C15H13BrN8. The fourth-order valence-corrected chi connectivity index (χ4v) is 2.63. The van der Waals surface area contributed by atoms with Gasteiger partial charge in [-0.3, -0.25) is 0 Å². The Morgan fingerprint density at radius 1 is 1.17 bits per heavy atom. The molecule has 0 fully saturated rings. The van der Waals surface area contributed by atoms with Crippen LogP contribution in [-0.2, 0) is 6.54 Å². The number of aromatic nitrogens is 6. The van der Waals surface area contributed by atoms with Crippen molar-refractivity contribution in [3.8, 4) is 5.95 Å². The van der Waals surface area contributed by atoms with E-state index in [-0.39, 0.29) is 0 Å². The molecular weight excluding hydrogens is 372 g/mol. The van der Waals surface area contributed by atoms with Crippen LogP contribution in [0.3, 0.4) is 0 Å². The molecule has 4 N–H and O–H groups in total. The van der Waals surface area contributed by atoms with Gasteiger partial charge in [0.25, 0.3) is 5.95 Å². The monoisotopic (exact) mass is 384 g/mol. The molecule has 0 atom stereocenters. The second-order valence-electron chi connectivity index (χ2n) is 5.08. The summed E-state index contributed by atoms with van der Waals surface area (Å²) >= 11 is 3.41. The zero-order chi connectivity index (χ0) is 16.5. The van der Waals surface area contributed by atoms with Crippen LogP contribution in [0.5, 0.6) is 0 Å². The van der Waals surface area contributed by atoms with Crippen molar-refractivity contribution in [2.24, 2.45) is 0 Å². The molecule has 0 unspecified atom stereocenters. The Morgan fingerprint density at radius 3 is 2.83 bits per heavy atom. The Morgan fingerprint density at radius 2 is 2.04 bits per heavy atom. The number of fused-ring (bicyclic) bond motifs is 1. The molecule has 1 aromatic carbocycles. The summed E-state index contributed by atoms with van der Waals surface area (Å²) in [6, 6.07) is 9.67. The first-order chi connectivity index (χ1) is 11.7. The largest absolute Gasteiger partial charge is 0.383 e. The van der Waals surface area contributed by atoms with Gasteiger partial charge < -0.3 is 16.0 Å². The lowest BCUT2D eigenvalue weighted by atomic mass is 10.3. The van der Waals surface area contributed by atoms with E-state index in [4.69, 9.17) is 5.73 Å². The maximum atomic E-state index is 5.96. The van der Waals surface area contributed by atoms with Crippen LogP contribution >= 0.6 is 15.9 Å². The van der Waals surface area contributed by atoms with E-state index < -0.39 is 0 Å². The summed E-state index contributed by atoms with van der Waals surface area (Å²) < 4.78 is 2.16. The smallest absolute Gasteiger partial charge is 0.254 e. The quantitative estimate of drug-likeness (QED) is 0.498. The maximum Gasteiger partial charge on any atom is 0.254 e. The summed E-state index contributed by atoms with van der Waals surface area (Å²) in [7, 11) is 0. The second kappa shape index (κ2) is 5.93. The van der Waals surface area contributed by atoms with Gasteiger partial charge in [-0.25, -0.2) is 9.67 Å². The van der Waals surface area contributed by atoms with Gasteiger partial charge in [-0.1, -0.05) is 12.1 Å². The first kappa shape index (κ1) is 14.6. The van der Waals surface area contributed by atoms with Crippen LogP contribution in [0.15, 0.2) is 47.2 Å². The van der Waals surface area contributed by atoms with Crippen molar-refractivity contribution in [1.29, 1.82) is 0 Å². The number of nitrogens with two attached hydrogens (primary N) is 1. The number of H-pyrrole nitrogens is 1. The summed E-state index contributed by atoms with van der Waals surface area (Å²) in [6.45, 7) is 0.474. The number of nitrogen functional groups attached to an aromatic ring is 1. The van der Waals surface area contributed by atoms with Crippen molar-refractivity contribution in [3.63, 3.8) is 0 Å². The van der Waals surface area contributed by atoms with Gasteiger partial charge in [-0.15, -0.1) is 0 Å². The topological polar surface area (TPSA) is 110 Å². The zero-order valence-corrected chi connectivity index (χ0v) is 14.0. The highest BCUT2D eigenvalue weighted by Crippen LogP contribution is 2.26. The van der Waals surface area contributed by atoms with Gasteiger partial charge in [0.15, 0.2) is 0 Å². The summed E-state index contributed by atoms with van der Waals surface area (Å²) in [5, 5.41) is 7.34. The SMILES string of the molecule is Nc1nc(-n2cccn2)nc(NCc2nc3ccccc3[nH]2)c1Br. The number of rotatable bonds is 4. The molecule has 0 bridgehead atoms. The van der Waals surface area contributed by atoms with Gasteiger partial charge in [-0.05, 0) is 34.1 Å². The van der Waals surface area contributed by atoms with Crippen LogP contribution in [-0.4, -0.2) is 29.7 Å². The highest BCUT2D eigenvalue weighted by atomic mass is 79.9. The van der Waals surface area contributed by atoms with Crippen molar-refractivity contribution in [2.75, 3.05) is 11.1 Å². The molecule has 3 heterocycles. The molecule has 120 valence electrons. The van der Waals surface area contributed by atoms with Crippen LogP contribution in [0.4, 0.5) is 11.6 Å². The highest BCUT2D eigenvalue weighted by Gasteiger charge is 2.12. The third kappa shape index (κ3) is 2.69. The van der Waals surface area contributed by atoms with E-state index in [1.54, 1.807) is 23.1 Å². The van der Waals surface area contributed by atoms with E-state index in [0.717, 1.165) is 16.9 Å². The molecule has 4 aromatic rings. The van der Waals surface area contributed by atoms with E-state index in [0.29, 0.717) is 28.6 Å². The van der Waals surface area contributed by atoms with E-state index in [1.807, 2.05) is 24.3 Å². The van der Waals surface area contributed by atoms with E-state index in [9.17, 15) is 0 Å². The van der Waals surface area contributed by atoms with Crippen LogP contribution in [0, 0.1) is 0 Å². The Kier molecular flexibility index (Phi) is 3.62. The van der Waals surface area contributed by atoms with Gasteiger partial charge >= 0.3 is 0 Å². The Bertz CT molecular complexity index is 959. The minimum Gasteiger partial charge on any atom is -0.383 e. The van der Waals surface area contributed by atoms with Gasteiger partial charge in [-0.2, -0.15) is 15.1 Å². The average molecular weight is 385 g/mol. The standard InChI is InChI=1S/C15H13BrN8/c16-12-13(17)22-15(24-7-3-6-19-24)23-14(12)18-8-11-20-9-4-1-2-5-10(9)21-11/h1-7H,8H2,(H,20,21)(H3,17,18,22,23). The normalized spacial score (nSPS) is 11.0. The number of benzene rings is 1. The summed E-state index contributed by atoms with van der Waals surface area (Å²) in [5.74, 6) is 2.12. The molecule has 0 aliphatic heterocycles. The van der Waals surface area contributed by atoms with Gasteiger partial charge in [0.2, 0.25) is 0 Å². The lowest BCUT2D eigenvalue weighted by Crippen LogP contribution is -2.10. The minimum absolute atomic E-state index is 0.336. The van der Waals surface area contributed by atoms with Crippen molar-refractivity contribution < 1.29 is 0 Å². The van der Waals surface area contributed by atoms with Crippen molar-refractivity contribution >= 4 is 38.6 Å². The van der Waals surface area contributed by atoms with Gasteiger partial charge in [0.1, 0.15) is 21.9 Å². The number of nitrogens with one attached hydrogen (secondary N) is 2. The number of hydrogen-bond acceptors (Lipinski definition) is 6. The summed E-state index contributed by atoms with van der Waals surface area (Å²) in [5.41, 5.74) is 7.87. The molecule has 0 saturated heterocycles. The van der Waals surface area contributed by atoms with Crippen molar-refractivity contribution in [3.05, 3.63) is 53.0 Å². The van der Waals surface area contributed by atoms with E-state index in [2.05, 4.69) is 46.3 Å². The van der Waals surface area contributed by atoms with Gasteiger partial charge in [0, 0.05) is 12.4 Å². The number of imidazole rings is 1. The Balaban J connectivity index is 1.61. The first-order valence-electron chi connectivity index (χ1n) is 7.21. The van der Waals surface area contributed by atoms with Gasteiger partial charge in [0.05, 0.1) is 17.6 Å². The molecule has 0 saturated carbocycles. The minimum atomic E-state index is 0.336. The Labute approximate surface area is 145 Å². The second-order valence-corrected chi connectivity index (χ2v) is 5.87. The predicted molar refractivity (Wildman–Crippen MR) is 94.7 cm³/mol. The molecule has 24 heavy (non-hydrogen) atoms. The highest BCUT2D eigenvalue weighted by molar-refractivity contribution is 9.10. The lowest BCUT2D eigenvalue weighted by Gasteiger charge is -2.10. The predicted octanol–water partition coefficient (Wildman–Crippen LogP) is 2.50. The number of para-hydroxylation sites is 2. The van der Waals surface area contributed by atoms with E-state index in [1.165, 1.54) is 0 Å². The van der Waals surface area contributed by atoms with Crippen molar-refractivity contribution in [1.82, 2.24) is 29.7 Å². The first-order valence-corrected chi connectivity index (χ1v) is 8.00. The molecule has 0 radical (unpaired) electrons. The summed E-state index contributed by atoms with van der Waals surface area (Å²) in [4.78, 5) is 16.5. The number of halogens is 1. The third-order valence-electron chi connectivity index (χ3n) is 3.44. The molecule has 9 heteroatoms. The summed E-state index contributed by atoms with van der Waals surface area (Å²) in [6.07, 6.45) is 3.41. The number of nitrogens with zero attached hydrogens (tertiary/aromatic N) is 5. The van der Waals surface area contributed by atoms with Crippen molar-refractivity contribution in [2.45, 2.75) is 6.54 Å². The molecule has 0 aliphatic carbocycles.